The Morgan fingerprint density at radius 2 is 2.21 bits per heavy atom. The van der Waals surface area contributed by atoms with Crippen LogP contribution in [-0.4, -0.2) is 29.4 Å². The highest BCUT2D eigenvalue weighted by atomic mass is 127. The predicted octanol–water partition coefficient (Wildman–Crippen LogP) is 3.96. The molecule has 1 fully saturated rings. The Morgan fingerprint density at radius 3 is 2.83 bits per heavy atom. The van der Waals surface area contributed by atoms with Crippen molar-refractivity contribution in [3.05, 3.63) is 51.8 Å². The van der Waals surface area contributed by atoms with Crippen LogP contribution < -0.4 is 10.1 Å². The molecule has 1 aromatic rings. The molecule has 2 aliphatic rings. The Morgan fingerprint density at radius 1 is 1.38 bits per heavy atom. The molecular weight excluding hydrogens is 439 g/mol. The number of hydrogen-bond acceptors (Lipinski definition) is 5. The third-order valence-corrected chi connectivity index (χ3v) is 6.43. The SMILES string of the molecule is O=CC1(Cc2ccc(OCCC3=CC=CI=N3)cc2)CNC(=O)S1. The zero-order valence-corrected chi connectivity index (χ0v) is 15.9. The summed E-state index contributed by atoms with van der Waals surface area (Å²) in [7, 11) is 0. The molecule has 3 rings (SSSR count). The fourth-order valence-electron chi connectivity index (χ4n) is 2.43. The summed E-state index contributed by atoms with van der Waals surface area (Å²) in [5.74, 6) is 0.800. The fraction of sp³-hybridized carbons (Fsp3) is 0.294. The van der Waals surface area contributed by atoms with Crippen molar-refractivity contribution in [1.82, 2.24) is 5.32 Å². The lowest BCUT2D eigenvalue weighted by Gasteiger charge is -2.18. The van der Waals surface area contributed by atoms with Gasteiger partial charge in [0.15, 0.2) is 0 Å². The number of carbonyl (C=O) groups is 2. The fourth-order valence-corrected chi connectivity index (χ4v) is 4.69. The first kappa shape index (κ1) is 17.3. The first-order valence-corrected chi connectivity index (χ1v) is 10.6. The first-order chi connectivity index (χ1) is 11.7. The van der Waals surface area contributed by atoms with Crippen molar-refractivity contribution in [2.75, 3.05) is 13.2 Å². The molecule has 0 spiro atoms. The van der Waals surface area contributed by atoms with Gasteiger partial charge >= 0.3 is 0 Å². The molecular formula is C17H17IN2O3S. The van der Waals surface area contributed by atoms with E-state index in [1.807, 2.05) is 30.3 Å². The van der Waals surface area contributed by atoms with Crippen molar-refractivity contribution in [3.63, 3.8) is 0 Å². The molecule has 1 saturated heterocycles. The predicted molar refractivity (Wildman–Crippen MR) is 104 cm³/mol. The minimum Gasteiger partial charge on any atom is -0.493 e. The number of halogens is 1. The highest BCUT2D eigenvalue weighted by molar-refractivity contribution is 14.2. The van der Waals surface area contributed by atoms with Gasteiger partial charge in [-0.25, -0.2) is 3.15 Å². The van der Waals surface area contributed by atoms with Crippen LogP contribution in [0.1, 0.15) is 12.0 Å². The Kier molecular flexibility index (Phi) is 5.83. The number of allylic oxidation sites excluding steroid dienone is 2. The van der Waals surface area contributed by atoms with Crippen LogP contribution >= 0.6 is 32.8 Å². The minimum atomic E-state index is -0.689. The van der Waals surface area contributed by atoms with Crippen LogP contribution in [0.5, 0.6) is 5.75 Å². The van der Waals surface area contributed by atoms with Crippen LogP contribution in [0, 0.1) is 0 Å². The largest absolute Gasteiger partial charge is 0.493 e. The van der Waals surface area contributed by atoms with Gasteiger partial charge in [0.25, 0.3) is 5.24 Å². The van der Waals surface area contributed by atoms with Gasteiger partial charge in [0.1, 0.15) is 16.8 Å². The monoisotopic (exact) mass is 456 g/mol. The summed E-state index contributed by atoms with van der Waals surface area (Å²) in [6, 6.07) is 7.70. The van der Waals surface area contributed by atoms with Crippen LogP contribution in [0.2, 0.25) is 0 Å². The van der Waals surface area contributed by atoms with Gasteiger partial charge in [-0.2, -0.15) is 0 Å². The van der Waals surface area contributed by atoms with Crippen LogP contribution in [0.25, 0.3) is 0 Å². The summed E-state index contributed by atoms with van der Waals surface area (Å²) in [5, 5.41) is 2.57. The van der Waals surface area contributed by atoms with Crippen LogP contribution in [-0.2, 0) is 11.2 Å². The second-order valence-corrected chi connectivity index (χ2v) is 8.65. The number of nitrogens with one attached hydrogen (secondary N) is 1. The number of rotatable bonds is 7. The van der Waals surface area contributed by atoms with E-state index in [1.54, 1.807) is 0 Å². The van der Waals surface area contributed by atoms with Gasteiger partial charge in [0, 0.05) is 39.7 Å². The standard InChI is InChI=1S/C17H17IN2O3S/c21-12-17(11-19-16(22)24-17)10-13-3-5-15(6-4-13)23-9-7-14-2-1-8-18-20-14/h1-6,8,12H,7,9-11H2,(H,19,22). The molecule has 0 saturated carbocycles. The van der Waals surface area contributed by atoms with Crippen molar-refractivity contribution in [3.8, 4) is 5.75 Å². The summed E-state index contributed by atoms with van der Waals surface area (Å²) in [4.78, 5) is 22.8. The molecule has 2 aliphatic heterocycles. The molecule has 1 atom stereocenters. The highest BCUT2D eigenvalue weighted by Gasteiger charge is 2.39. The molecule has 0 aliphatic carbocycles. The molecule has 1 amide bonds. The van der Waals surface area contributed by atoms with Gasteiger partial charge in [-0.15, -0.1) is 0 Å². The number of nitrogens with zero attached hydrogens (tertiary/aromatic N) is 1. The average Bonchev–Trinajstić information content (AvgIpc) is 2.99. The number of amides is 1. The molecule has 0 aromatic heterocycles. The maximum atomic E-state index is 11.4. The lowest BCUT2D eigenvalue weighted by Crippen LogP contribution is -2.33. The molecule has 24 heavy (non-hydrogen) atoms. The molecule has 5 nitrogen and oxygen atoms in total. The molecule has 2 heterocycles. The summed E-state index contributed by atoms with van der Waals surface area (Å²) >= 11 is 0.913. The summed E-state index contributed by atoms with van der Waals surface area (Å²) in [6.07, 6.45) is 6.31. The molecule has 126 valence electrons. The van der Waals surface area contributed by atoms with Gasteiger partial charge in [-0.3, -0.25) is 4.79 Å². The average molecular weight is 456 g/mol. The van der Waals surface area contributed by atoms with Crippen molar-refractivity contribution < 1.29 is 14.3 Å². The van der Waals surface area contributed by atoms with E-state index in [0.717, 1.165) is 41.5 Å². The lowest BCUT2D eigenvalue weighted by atomic mass is 9.99. The Balaban J connectivity index is 1.52. The van der Waals surface area contributed by atoms with Gasteiger partial charge in [0.2, 0.25) is 0 Å². The van der Waals surface area contributed by atoms with Crippen LogP contribution in [0.4, 0.5) is 4.79 Å². The van der Waals surface area contributed by atoms with Gasteiger partial charge in [-0.1, -0.05) is 18.2 Å². The first-order valence-electron chi connectivity index (χ1n) is 7.53. The topological polar surface area (TPSA) is 67.8 Å². The van der Waals surface area contributed by atoms with E-state index in [1.165, 1.54) is 0 Å². The summed E-state index contributed by atoms with van der Waals surface area (Å²) in [6.45, 7) is 0.979. The van der Waals surface area contributed by atoms with Crippen molar-refractivity contribution in [1.29, 1.82) is 0 Å². The van der Waals surface area contributed by atoms with Crippen LogP contribution in [0.15, 0.2) is 49.3 Å². The second kappa shape index (κ2) is 8.06. The lowest BCUT2D eigenvalue weighted by molar-refractivity contribution is -0.109. The second-order valence-electron chi connectivity index (χ2n) is 5.50. The maximum absolute atomic E-state index is 11.4. The minimum absolute atomic E-state index is 0.137. The number of aldehydes is 1. The van der Waals surface area contributed by atoms with E-state index in [2.05, 4.69) is 18.6 Å². The zero-order valence-electron chi connectivity index (χ0n) is 12.9. The summed E-state index contributed by atoms with van der Waals surface area (Å²) < 4.78 is 11.7. The van der Waals surface area contributed by atoms with E-state index in [-0.39, 0.29) is 26.3 Å². The van der Waals surface area contributed by atoms with Crippen molar-refractivity contribution >= 4 is 44.3 Å². The van der Waals surface area contributed by atoms with Gasteiger partial charge in [-0.05, 0) is 46.0 Å². The zero-order chi connectivity index (χ0) is 16.8. The van der Waals surface area contributed by atoms with E-state index in [0.29, 0.717) is 19.6 Å². The van der Waals surface area contributed by atoms with Gasteiger partial charge < -0.3 is 14.8 Å². The third-order valence-electron chi connectivity index (χ3n) is 3.67. The summed E-state index contributed by atoms with van der Waals surface area (Å²) in [5.41, 5.74) is 2.11. The smallest absolute Gasteiger partial charge is 0.280 e. The molecule has 0 radical (unpaired) electrons. The number of benzene rings is 1. The quantitative estimate of drug-likeness (QED) is 0.499. The molecule has 7 heteroatoms. The van der Waals surface area contributed by atoms with Crippen molar-refractivity contribution in [2.45, 2.75) is 17.6 Å². The third kappa shape index (κ3) is 4.54. The van der Waals surface area contributed by atoms with E-state index >= 15 is 0 Å². The Hall–Kier alpha value is -1.48. The molecule has 1 aromatic carbocycles. The van der Waals surface area contributed by atoms with E-state index in [9.17, 15) is 9.59 Å². The number of carbonyl (C=O) groups excluding carboxylic acids is 2. The molecule has 1 unspecified atom stereocenters. The van der Waals surface area contributed by atoms with Crippen molar-refractivity contribution in [2.24, 2.45) is 3.15 Å². The maximum Gasteiger partial charge on any atom is 0.280 e. The normalized spacial score (nSPS) is 22.5. The van der Waals surface area contributed by atoms with Gasteiger partial charge in [0.05, 0.1) is 6.61 Å². The molecule has 1 N–H and O–H groups in total. The Bertz CT molecular complexity index is 715. The number of ether oxygens (including phenoxy) is 1. The Labute approximate surface area is 155 Å². The van der Waals surface area contributed by atoms with E-state index < -0.39 is 4.75 Å². The molecule has 0 bridgehead atoms. The van der Waals surface area contributed by atoms with Crippen LogP contribution in [0.3, 0.4) is 0 Å². The number of hydrogen-bond donors (Lipinski definition) is 1. The van der Waals surface area contributed by atoms with E-state index in [4.69, 9.17) is 4.74 Å². The number of thioether (sulfide) groups is 1. The highest BCUT2D eigenvalue weighted by Crippen LogP contribution is 2.32.